The number of nitrogens with one attached hydrogen (secondary N) is 1. The second kappa shape index (κ2) is 5.98. The summed E-state index contributed by atoms with van der Waals surface area (Å²) in [6.07, 6.45) is 2.67. The average Bonchev–Trinajstić information content (AvgIpc) is 2.82. The lowest BCUT2D eigenvalue weighted by Crippen LogP contribution is -2.50. The molecular formula is C16H24N4O3S. The number of fused-ring (bicyclic) bond motifs is 1. The minimum absolute atomic E-state index is 0.193. The number of aryl methyl sites for hydroxylation is 1. The Hall–Kier alpha value is -1.70. The number of nitrogens with two attached hydrogens (primary N) is 1. The molecule has 2 aliphatic rings. The van der Waals surface area contributed by atoms with Crippen LogP contribution in [0.25, 0.3) is 0 Å². The van der Waals surface area contributed by atoms with E-state index in [1.807, 2.05) is 0 Å². The van der Waals surface area contributed by atoms with Crippen molar-refractivity contribution < 1.29 is 13.7 Å². The second-order valence-corrected chi connectivity index (χ2v) is 9.10. The zero-order chi connectivity index (χ0) is 17.5. The first-order valence-electron chi connectivity index (χ1n) is 8.20. The third kappa shape index (κ3) is 3.24. The number of hydrogen-bond donors (Lipinski definition) is 2. The summed E-state index contributed by atoms with van der Waals surface area (Å²) in [6.45, 7) is 6.36. The maximum absolute atomic E-state index is 12.4. The van der Waals surface area contributed by atoms with Gasteiger partial charge >= 0.3 is 6.09 Å². The van der Waals surface area contributed by atoms with Crippen LogP contribution < -0.4 is 11.1 Å². The third-order valence-electron chi connectivity index (χ3n) is 4.54. The van der Waals surface area contributed by atoms with Crippen LogP contribution in [0, 0.1) is 0 Å². The van der Waals surface area contributed by atoms with E-state index in [1.165, 1.54) is 0 Å². The number of nitrogens with zero attached hydrogens (tertiary/aromatic N) is 2. The van der Waals surface area contributed by atoms with Gasteiger partial charge in [-0.1, -0.05) is 20.8 Å². The van der Waals surface area contributed by atoms with E-state index in [0.717, 1.165) is 30.8 Å². The van der Waals surface area contributed by atoms with E-state index < -0.39 is 16.9 Å². The fourth-order valence-corrected chi connectivity index (χ4v) is 4.29. The summed E-state index contributed by atoms with van der Waals surface area (Å²) in [5.41, 5.74) is 5.39. The lowest BCUT2D eigenvalue weighted by Gasteiger charge is -2.42. The molecule has 1 fully saturated rings. The molecule has 1 aromatic rings. The predicted octanol–water partition coefficient (Wildman–Crippen LogP) is 1.87. The predicted molar refractivity (Wildman–Crippen MR) is 91.5 cm³/mol. The number of aromatic nitrogens is 2. The molecule has 1 atom stereocenters. The first kappa shape index (κ1) is 17.1. The van der Waals surface area contributed by atoms with Crippen LogP contribution in [0.2, 0.25) is 0 Å². The smallest absolute Gasteiger partial charge is 0.404 e. The van der Waals surface area contributed by atoms with Crippen molar-refractivity contribution in [2.75, 3.05) is 17.7 Å². The van der Waals surface area contributed by atoms with Gasteiger partial charge < -0.3 is 15.8 Å². The quantitative estimate of drug-likeness (QED) is 0.856. The first-order valence-corrected chi connectivity index (χ1v) is 9.52. The lowest BCUT2D eigenvalue weighted by molar-refractivity contribution is 0.101. The highest BCUT2D eigenvalue weighted by molar-refractivity contribution is 7.85. The summed E-state index contributed by atoms with van der Waals surface area (Å²) in [5.74, 6) is 1.93. The van der Waals surface area contributed by atoms with Crippen LogP contribution in [0.4, 0.5) is 10.6 Å². The highest BCUT2D eigenvalue weighted by atomic mass is 32.2. The maximum atomic E-state index is 12.4. The Morgan fingerprint density at radius 3 is 2.62 bits per heavy atom. The summed E-state index contributed by atoms with van der Waals surface area (Å²) in [7, 11) is -1.09. The monoisotopic (exact) mass is 352 g/mol. The summed E-state index contributed by atoms with van der Waals surface area (Å²) in [4.78, 5) is 21.0. The number of carbonyl (C=O) groups is 1. The lowest BCUT2D eigenvalue weighted by atomic mass is 9.77. The molecule has 1 unspecified atom stereocenters. The molecule has 7 nitrogen and oxygen atoms in total. The van der Waals surface area contributed by atoms with Crippen molar-refractivity contribution in [3.05, 3.63) is 11.5 Å². The van der Waals surface area contributed by atoms with Crippen LogP contribution >= 0.6 is 0 Å². The Balaban J connectivity index is 1.96. The van der Waals surface area contributed by atoms with E-state index in [2.05, 4.69) is 36.1 Å². The Labute approximate surface area is 144 Å². The zero-order valence-corrected chi connectivity index (χ0v) is 15.2. The minimum Gasteiger partial charge on any atom is -0.447 e. The Morgan fingerprint density at radius 2 is 2.08 bits per heavy atom. The summed E-state index contributed by atoms with van der Waals surface area (Å²) in [6, 6.07) is 0. The average molecular weight is 352 g/mol. The molecule has 1 aliphatic heterocycles. The van der Waals surface area contributed by atoms with Crippen molar-refractivity contribution in [2.45, 2.75) is 62.3 Å². The fraction of sp³-hybridized carbons (Fsp3) is 0.688. The molecule has 0 bridgehead atoms. The van der Waals surface area contributed by atoms with E-state index in [4.69, 9.17) is 10.5 Å². The van der Waals surface area contributed by atoms with Crippen molar-refractivity contribution in [1.29, 1.82) is 0 Å². The number of rotatable bonds is 4. The van der Waals surface area contributed by atoms with E-state index in [0.29, 0.717) is 22.9 Å². The van der Waals surface area contributed by atoms with Crippen molar-refractivity contribution in [2.24, 2.45) is 5.73 Å². The highest BCUT2D eigenvalue weighted by Gasteiger charge is 2.41. The fourth-order valence-electron chi connectivity index (χ4n) is 2.99. The molecular weight excluding hydrogens is 328 g/mol. The molecule has 2 heterocycles. The van der Waals surface area contributed by atoms with Gasteiger partial charge in [-0.05, 0) is 19.3 Å². The van der Waals surface area contributed by atoms with Gasteiger partial charge in [0.2, 0.25) is 0 Å². The Bertz CT molecular complexity index is 695. The van der Waals surface area contributed by atoms with Crippen LogP contribution in [0.5, 0.6) is 0 Å². The molecule has 8 heteroatoms. The molecule has 0 saturated heterocycles. The van der Waals surface area contributed by atoms with Gasteiger partial charge in [0.05, 0.1) is 22.0 Å². The molecule has 0 aromatic carbocycles. The normalized spacial score (nSPS) is 21.7. The Morgan fingerprint density at radius 1 is 1.38 bits per heavy atom. The number of carbonyl (C=O) groups excluding carboxylic acids is 1. The molecule has 1 saturated carbocycles. The third-order valence-corrected chi connectivity index (χ3v) is 6.00. The van der Waals surface area contributed by atoms with Crippen molar-refractivity contribution in [3.8, 4) is 0 Å². The van der Waals surface area contributed by atoms with Crippen LogP contribution in [0.3, 0.4) is 0 Å². The summed E-state index contributed by atoms with van der Waals surface area (Å²) in [5, 5.41) is 3.41. The SMILES string of the molecule is CC(C)(C)c1nc2c(c(NC3(COC(N)=O)CCC3)n1)S(=O)CC2. The molecule has 1 amide bonds. The van der Waals surface area contributed by atoms with Crippen LogP contribution in [-0.4, -0.2) is 38.2 Å². The molecule has 3 rings (SSSR count). The Kier molecular flexibility index (Phi) is 4.27. The molecule has 132 valence electrons. The second-order valence-electron chi connectivity index (χ2n) is 7.59. The molecule has 0 radical (unpaired) electrons. The zero-order valence-electron chi connectivity index (χ0n) is 14.3. The van der Waals surface area contributed by atoms with Gasteiger partial charge in [-0.25, -0.2) is 14.8 Å². The number of primary amides is 1. The van der Waals surface area contributed by atoms with Crippen LogP contribution in [0.1, 0.15) is 51.6 Å². The number of amides is 1. The topological polar surface area (TPSA) is 107 Å². The van der Waals surface area contributed by atoms with E-state index in [1.54, 1.807) is 0 Å². The van der Waals surface area contributed by atoms with Crippen molar-refractivity contribution in [3.63, 3.8) is 0 Å². The first-order chi connectivity index (χ1) is 11.2. The van der Waals surface area contributed by atoms with Crippen molar-refractivity contribution in [1.82, 2.24) is 9.97 Å². The van der Waals surface area contributed by atoms with Gasteiger partial charge in [-0.3, -0.25) is 4.21 Å². The van der Waals surface area contributed by atoms with Gasteiger partial charge in [0.15, 0.2) is 0 Å². The maximum Gasteiger partial charge on any atom is 0.404 e. The molecule has 1 aromatic heterocycles. The minimum atomic E-state index is -1.09. The van der Waals surface area contributed by atoms with E-state index in [9.17, 15) is 9.00 Å². The van der Waals surface area contributed by atoms with Crippen LogP contribution in [-0.2, 0) is 27.4 Å². The standard InChI is InChI=1S/C16H24N4O3S/c1-15(2,3)13-18-10-5-8-24(22)11(10)12(19-13)20-16(6-4-7-16)9-23-14(17)21/h4-9H2,1-3H3,(H2,17,21)(H,18,19,20). The molecule has 0 spiro atoms. The summed E-state index contributed by atoms with van der Waals surface area (Å²) >= 11 is 0. The number of ether oxygens (including phenoxy) is 1. The van der Waals surface area contributed by atoms with Gasteiger partial charge in [-0.15, -0.1) is 0 Å². The van der Waals surface area contributed by atoms with E-state index >= 15 is 0 Å². The largest absolute Gasteiger partial charge is 0.447 e. The molecule has 3 N–H and O–H groups in total. The molecule has 1 aliphatic carbocycles. The number of hydrogen-bond acceptors (Lipinski definition) is 6. The van der Waals surface area contributed by atoms with Crippen molar-refractivity contribution >= 4 is 22.7 Å². The van der Waals surface area contributed by atoms with E-state index in [-0.39, 0.29) is 17.6 Å². The summed E-state index contributed by atoms with van der Waals surface area (Å²) < 4.78 is 17.4. The van der Waals surface area contributed by atoms with Gasteiger partial charge in [0, 0.05) is 17.6 Å². The number of anilines is 1. The van der Waals surface area contributed by atoms with Gasteiger partial charge in [-0.2, -0.15) is 0 Å². The highest BCUT2D eigenvalue weighted by Crippen LogP contribution is 2.39. The molecule has 24 heavy (non-hydrogen) atoms. The van der Waals surface area contributed by atoms with Gasteiger partial charge in [0.1, 0.15) is 23.1 Å². The van der Waals surface area contributed by atoms with Gasteiger partial charge in [0.25, 0.3) is 0 Å². The van der Waals surface area contributed by atoms with Crippen LogP contribution in [0.15, 0.2) is 4.90 Å².